The van der Waals surface area contributed by atoms with Crippen molar-refractivity contribution in [3.63, 3.8) is 0 Å². The van der Waals surface area contributed by atoms with E-state index >= 15 is 0 Å². The Morgan fingerprint density at radius 3 is 3.09 bits per heavy atom. The lowest BCUT2D eigenvalue weighted by molar-refractivity contribution is -0.120. The predicted octanol–water partition coefficient (Wildman–Crippen LogP) is 2.95. The first-order chi connectivity index (χ1) is 10.2. The summed E-state index contributed by atoms with van der Waals surface area (Å²) >= 11 is 1.45. The zero-order valence-electron chi connectivity index (χ0n) is 12.3. The molecule has 2 N–H and O–H groups in total. The number of pyridine rings is 1. The Labute approximate surface area is 140 Å². The standard InChI is InChI=1S/C15H18N4OS.ClH/c1-10-7-11(4-6-17-10)14(20)19-15-18-13(9-21-15)12-3-2-5-16-8-12;/h2-3,5,8-11,17H,4,6-7H2,1H3,(H,18,19,20);1H/t10-,11-;/m0./s1. The highest BCUT2D eigenvalue weighted by atomic mass is 35.5. The molecule has 0 spiro atoms. The van der Waals surface area contributed by atoms with Crippen molar-refractivity contribution >= 4 is 34.8 Å². The molecule has 0 saturated carbocycles. The van der Waals surface area contributed by atoms with Crippen LogP contribution in [0.25, 0.3) is 11.3 Å². The van der Waals surface area contributed by atoms with Crippen molar-refractivity contribution in [2.24, 2.45) is 5.92 Å². The number of rotatable bonds is 3. The summed E-state index contributed by atoms with van der Waals surface area (Å²) in [5.41, 5.74) is 1.81. The molecule has 2 atom stereocenters. The van der Waals surface area contributed by atoms with Crippen molar-refractivity contribution in [2.45, 2.75) is 25.8 Å². The lowest BCUT2D eigenvalue weighted by atomic mass is 9.92. The summed E-state index contributed by atoms with van der Waals surface area (Å²) in [5, 5.41) is 8.90. The zero-order chi connectivity index (χ0) is 14.7. The van der Waals surface area contributed by atoms with Crippen LogP contribution in [0.15, 0.2) is 29.9 Å². The van der Waals surface area contributed by atoms with E-state index in [0.717, 1.165) is 30.6 Å². The highest BCUT2D eigenvalue weighted by molar-refractivity contribution is 7.14. The first-order valence-corrected chi connectivity index (χ1v) is 8.00. The second-order valence-electron chi connectivity index (χ2n) is 5.35. The van der Waals surface area contributed by atoms with Crippen LogP contribution < -0.4 is 10.6 Å². The van der Waals surface area contributed by atoms with E-state index in [9.17, 15) is 4.79 Å². The quantitative estimate of drug-likeness (QED) is 0.903. The van der Waals surface area contributed by atoms with E-state index in [-0.39, 0.29) is 24.2 Å². The number of nitrogens with one attached hydrogen (secondary N) is 2. The molecule has 1 fully saturated rings. The van der Waals surface area contributed by atoms with Gasteiger partial charge in [-0.05, 0) is 38.4 Å². The van der Waals surface area contributed by atoms with Crippen LogP contribution in [-0.2, 0) is 4.79 Å². The molecule has 1 aliphatic rings. The molecule has 2 aromatic rings. The van der Waals surface area contributed by atoms with Gasteiger partial charge >= 0.3 is 0 Å². The summed E-state index contributed by atoms with van der Waals surface area (Å²) in [7, 11) is 0. The minimum Gasteiger partial charge on any atom is -0.314 e. The van der Waals surface area contributed by atoms with Gasteiger partial charge in [0, 0.05) is 35.3 Å². The average Bonchev–Trinajstić information content (AvgIpc) is 2.97. The number of nitrogens with zero attached hydrogens (tertiary/aromatic N) is 2. The van der Waals surface area contributed by atoms with Gasteiger partial charge in [0.2, 0.25) is 5.91 Å². The molecular weight excluding hydrogens is 320 g/mol. The normalized spacial score (nSPS) is 21.0. The van der Waals surface area contributed by atoms with Crippen molar-refractivity contribution in [1.29, 1.82) is 0 Å². The molecule has 0 aliphatic carbocycles. The van der Waals surface area contributed by atoms with Crippen LogP contribution in [0.1, 0.15) is 19.8 Å². The first-order valence-electron chi connectivity index (χ1n) is 7.12. The number of piperidine rings is 1. The Kier molecular flexibility index (Phi) is 5.88. The number of amides is 1. The third kappa shape index (κ3) is 4.03. The molecule has 0 aromatic carbocycles. The van der Waals surface area contributed by atoms with Gasteiger partial charge in [0.25, 0.3) is 0 Å². The van der Waals surface area contributed by atoms with E-state index in [1.807, 2.05) is 17.5 Å². The van der Waals surface area contributed by atoms with E-state index in [1.54, 1.807) is 12.4 Å². The number of anilines is 1. The van der Waals surface area contributed by atoms with E-state index in [0.29, 0.717) is 11.2 Å². The maximum absolute atomic E-state index is 12.3. The van der Waals surface area contributed by atoms with E-state index in [4.69, 9.17) is 0 Å². The van der Waals surface area contributed by atoms with Crippen molar-refractivity contribution < 1.29 is 4.79 Å². The molecule has 0 bridgehead atoms. The molecule has 0 unspecified atom stereocenters. The fourth-order valence-electron chi connectivity index (χ4n) is 2.56. The fraction of sp³-hybridized carbons (Fsp3) is 0.400. The number of carbonyl (C=O) groups excluding carboxylic acids is 1. The van der Waals surface area contributed by atoms with Crippen LogP contribution in [0, 0.1) is 5.92 Å². The van der Waals surface area contributed by atoms with Crippen LogP contribution in [0.3, 0.4) is 0 Å². The smallest absolute Gasteiger partial charge is 0.229 e. The van der Waals surface area contributed by atoms with Gasteiger partial charge in [0.05, 0.1) is 5.69 Å². The van der Waals surface area contributed by atoms with Gasteiger partial charge in [-0.25, -0.2) is 4.98 Å². The van der Waals surface area contributed by atoms with Gasteiger partial charge in [-0.1, -0.05) is 0 Å². The Hall–Kier alpha value is -1.50. The summed E-state index contributed by atoms with van der Waals surface area (Å²) in [5.74, 6) is 0.155. The van der Waals surface area contributed by atoms with Crippen LogP contribution in [0.5, 0.6) is 0 Å². The Bertz CT molecular complexity index is 619. The number of aromatic nitrogens is 2. The number of hydrogen-bond acceptors (Lipinski definition) is 5. The zero-order valence-corrected chi connectivity index (χ0v) is 13.9. The van der Waals surface area contributed by atoms with Gasteiger partial charge in [-0.2, -0.15) is 0 Å². The van der Waals surface area contributed by atoms with E-state index < -0.39 is 0 Å². The molecule has 3 heterocycles. The third-order valence-electron chi connectivity index (χ3n) is 3.69. The fourth-order valence-corrected chi connectivity index (χ4v) is 3.28. The van der Waals surface area contributed by atoms with Crippen molar-refractivity contribution in [1.82, 2.24) is 15.3 Å². The second-order valence-corrected chi connectivity index (χ2v) is 6.20. The minimum atomic E-state index is 0. The van der Waals surface area contributed by atoms with Gasteiger partial charge in [-0.15, -0.1) is 23.7 Å². The van der Waals surface area contributed by atoms with Crippen LogP contribution in [0.2, 0.25) is 0 Å². The molecule has 1 amide bonds. The molecular formula is C15H19ClN4OS. The molecule has 1 aliphatic heterocycles. The summed E-state index contributed by atoms with van der Waals surface area (Å²) in [6, 6.07) is 4.24. The summed E-state index contributed by atoms with van der Waals surface area (Å²) < 4.78 is 0. The van der Waals surface area contributed by atoms with Crippen LogP contribution >= 0.6 is 23.7 Å². The van der Waals surface area contributed by atoms with E-state index in [1.165, 1.54) is 11.3 Å². The monoisotopic (exact) mass is 338 g/mol. The number of thiazole rings is 1. The average molecular weight is 339 g/mol. The molecule has 3 rings (SSSR count). The summed E-state index contributed by atoms with van der Waals surface area (Å²) in [6.45, 7) is 3.02. The SMILES string of the molecule is C[C@H]1C[C@@H](C(=O)Nc2nc(-c3cccnc3)cs2)CCN1.Cl. The maximum atomic E-state index is 12.3. The molecule has 118 valence electrons. The van der Waals surface area contributed by atoms with Crippen molar-refractivity contribution in [3.05, 3.63) is 29.9 Å². The molecule has 0 radical (unpaired) electrons. The van der Waals surface area contributed by atoms with Crippen molar-refractivity contribution in [2.75, 3.05) is 11.9 Å². The molecule has 22 heavy (non-hydrogen) atoms. The third-order valence-corrected chi connectivity index (χ3v) is 4.44. The molecule has 7 heteroatoms. The Balaban J connectivity index is 0.00000176. The molecule has 5 nitrogen and oxygen atoms in total. The number of halogens is 1. The van der Waals surface area contributed by atoms with E-state index in [2.05, 4.69) is 27.5 Å². The second kappa shape index (κ2) is 7.67. The predicted molar refractivity (Wildman–Crippen MR) is 91.4 cm³/mol. The summed E-state index contributed by atoms with van der Waals surface area (Å²) in [4.78, 5) is 20.8. The summed E-state index contributed by atoms with van der Waals surface area (Å²) in [6.07, 6.45) is 5.27. The van der Waals surface area contributed by atoms with Gasteiger partial charge in [-0.3, -0.25) is 9.78 Å². The Morgan fingerprint density at radius 2 is 2.36 bits per heavy atom. The van der Waals surface area contributed by atoms with Crippen molar-refractivity contribution in [3.8, 4) is 11.3 Å². The maximum Gasteiger partial charge on any atom is 0.229 e. The number of carbonyl (C=O) groups is 1. The highest BCUT2D eigenvalue weighted by Crippen LogP contribution is 2.25. The van der Waals surface area contributed by atoms with Gasteiger partial charge < -0.3 is 10.6 Å². The highest BCUT2D eigenvalue weighted by Gasteiger charge is 2.25. The minimum absolute atomic E-state index is 0. The molecule has 2 aromatic heterocycles. The largest absolute Gasteiger partial charge is 0.314 e. The molecule has 1 saturated heterocycles. The van der Waals surface area contributed by atoms with Gasteiger partial charge in [0.15, 0.2) is 5.13 Å². The van der Waals surface area contributed by atoms with Gasteiger partial charge in [0.1, 0.15) is 0 Å². The van der Waals surface area contributed by atoms with Crippen LogP contribution in [0.4, 0.5) is 5.13 Å². The Morgan fingerprint density at radius 1 is 1.50 bits per heavy atom. The topological polar surface area (TPSA) is 66.9 Å². The number of hydrogen-bond donors (Lipinski definition) is 2. The lowest BCUT2D eigenvalue weighted by Crippen LogP contribution is -2.40. The first kappa shape index (κ1) is 16.9. The van der Waals surface area contributed by atoms with Crippen LogP contribution in [-0.4, -0.2) is 28.5 Å². The lowest BCUT2D eigenvalue weighted by Gasteiger charge is -2.26.